The lowest BCUT2D eigenvalue weighted by Gasteiger charge is -2.19. The van der Waals surface area contributed by atoms with Crippen molar-refractivity contribution in [3.8, 4) is 6.19 Å². The Morgan fingerprint density at radius 1 is 0.955 bits per heavy atom. The molecule has 9 heteroatoms. The van der Waals surface area contributed by atoms with E-state index in [-0.39, 0.29) is 0 Å². The number of benzene rings is 1. The molecule has 1 aromatic carbocycles. The third kappa shape index (κ3) is 1.95. The number of nitrogens with zero attached hydrogens (tertiary/aromatic N) is 4. The quantitative estimate of drug-likeness (QED) is 0.181. The van der Waals surface area contributed by atoms with Crippen molar-refractivity contribution in [1.29, 1.82) is 5.26 Å². The second-order valence-electron chi connectivity index (χ2n) is 4.05. The van der Waals surface area contributed by atoms with Crippen LogP contribution in [0.4, 0.5) is 22.0 Å². The lowest BCUT2D eigenvalue weighted by molar-refractivity contribution is 0.407. The lowest BCUT2D eigenvalue weighted by Crippen LogP contribution is -2.25. The molecule has 1 aromatic rings. The molecule has 1 aliphatic carbocycles. The summed E-state index contributed by atoms with van der Waals surface area (Å²) in [6, 6.07) is 0. The van der Waals surface area contributed by atoms with Gasteiger partial charge in [-0.3, -0.25) is 0 Å². The number of nitriles is 1. The minimum atomic E-state index is -2.18. The number of aliphatic imine (C=N–C) groups is 1. The molecule has 110 valence electrons. The van der Waals surface area contributed by atoms with Gasteiger partial charge in [-0.15, -0.1) is 4.95 Å². The van der Waals surface area contributed by atoms with E-state index in [9.17, 15) is 22.0 Å². The van der Waals surface area contributed by atoms with Crippen molar-refractivity contribution in [2.75, 3.05) is 0 Å². The summed E-state index contributed by atoms with van der Waals surface area (Å²) in [7, 11) is 0. The molecule has 0 aliphatic heterocycles. The van der Waals surface area contributed by atoms with Gasteiger partial charge in [-0.2, -0.15) is 16.8 Å². The van der Waals surface area contributed by atoms with Gasteiger partial charge in [-0.05, 0) is 6.92 Å². The SMILES string of the molecule is [C-]#[N+]/N=C1/C(F)=C(C)C(=NC#N)c2c(F)c(F)c(F)c(F)c21. The predicted octanol–water partition coefficient (Wildman–Crippen LogP) is 3.39. The van der Waals surface area contributed by atoms with Crippen molar-refractivity contribution < 1.29 is 22.0 Å². The van der Waals surface area contributed by atoms with Gasteiger partial charge in [0.2, 0.25) is 6.19 Å². The van der Waals surface area contributed by atoms with Gasteiger partial charge in [0.25, 0.3) is 0 Å². The lowest BCUT2D eigenvalue weighted by atomic mass is 9.87. The Morgan fingerprint density at radius 2 is 1.45 bits per heavy atom. The van der Waals surface area contributed by atoms with Crippen molar-refractivity contribution in [2.45, 2.75) is 6.92 Å². The second-order valence-corrected chi connectivity index (χ2v) is 4.05. The van der Waals surface area contributed by atoms with Crippen molar-refractivity contribution in [3.63, 3.8) is 0 Å². The highest BCUT2D eigenvalue weighted by Crippen LogP contribution is 2.34. The van der Waals surface area contributed by atoms with E-state index in [1.807, 2.05) is 0 Å². The number of fused-ring (bicyclic) bond motifs is 1. The van der Waals surface area contributed by atoms with Crippen LogP contribution in [0.3, 0.4) is 0 Å². The van der Waals surface area contributed by atoms with Gasteiger partial charge < -0.3 is 0 Å². The molecule has 0 heterocycles. The van der Waals surface area contributed by atoms with Crippen LogP contribution in [0, 0.1) is 41.3 Å². The van der Waals surface area contributed by atoms with Gasteiger partial charge in [0.05, 0.1) is 21.9 Å². The molecule has 4 nitrogen and oxygen atoms in total. The summed E-state index contributed by atoms with van der Waals surface area (Å²) in [4.78, 5) is 5.61. The molecule has 0 amide bonds. The fourth-order valence-electron chi connectivity index (χ4n) is 1.99. The van der Waals surface area contributed by atoms with E-state index in [0.717, 1.165) is 6.92 Å². The van der Waals surface area contributed by atoms with E-state index in [1.54, 1.807) is 0 Å². The molecule has 1 aliphatic rings. The molecule has 0 aromatic heterocycles. The van der Waals surface area contributed by atoms with Gasteiger partial charge in [0.15, 0.2) is 34.8 Å². The minimum absolute atomic E-state index is 0.458. The summed E-state index contributed by atoms with van der Waals surface area (Å²) in [5.74, 6) is -9.39. The maximum absolute atomic E-state index is 14.1. The normalized spacial score (nSPS) is 17.5. The number of rotatable bonds is 0. The van der Waals surface area contributed by atoms with Gasteiger partial charge in [0.1, 0.15) is 0 Å². The summed E-state index contributed by atoms with van der Waals surface area (Å²) < 4.78 is 68.8. The maximum atomic E-state index is 14.1. The van der Waals surface area contributed by atoms with E-state index in [4.69, 9.17) is 11.8 Å². The number of hydrogen-bond donors (Lipinski definition) is 0. The summed E-state index contributed by atoms with van der Waals surface area (Å²) in [5.41, 5.74) is -4.20. The average Bonchev–Trinajstić information content (AvgIpc) is 2.50. The Balaban J connectivity index is 3.09. The number of halogens is 5. The Hall–Kier alpha value is -3.07. The first-order valence-corrected chi connectivity index (χ1v) is 5.51. The fraction of sp³-hybridized carbons (Fsp3) is 0.0769. The standard InChI is InChI=1S/C13H3F5N4/c1-4-7(14)13(22-20-2)6-5(12(4)21-3-19)8(15)10(17)11(18)9(6)16/h1H3/b21-12?,22-13+. The molecule has 22 heavy (non-hydrogen) atoms. The Bertz CT molecular complexity index is 797. The summed E-state index contributed by atoms with van der Waals surface area (Å²) >= 11 is 0. The van der Waals surface area contributed by atoms with Gasteiger partial charge in [0, 0.05) is 5.57 Å². The van der Waals surface area contributed by atoms with E-state index < -0.39 is 57.2 Å². The summed E-state index contributed by atoms with van der Waals surface area (Å²) in [5, 5.41) is 11.5. The number of hydrogen-bond acceptors (Lipinski definition) is 3. The van der Waals surface area contributed by atoms with Crippen LogP contribution in [0.15, 0.2) is 21.5 Å². The molecular formula is C13H3F5N4. The highest BCUT2D eigenvalue weighted by Gasteiger charge is 2.38. The van der Waals surface area contributed by atoms with Gasteiger partial charge in [-0.25, -0.2) is 22.0 Å². The van der Waals surface area contributed by atoms with E-state index >= 15 is 0 Å². The monoisotopic (exact) mass is 310 g/mol. The van der Waals surface area contributed by atoms with E-state index in [0.29, 0.717) is 0 Å². The second kappa shape index (κ2) is 5.37. The molecule has 0 N–H and O–H groups in total. The molecule has 2 rings (SSSR count). The predicted molar refractivity (Wildman–Crippen MR) is 65.4 cm³/mol. The molecule has 0 unspecified atom stereocenters. The smallest absolute Gasteiger partial charge is 0.204 e. The number of allylic oxidation sites excluding steroid dienone is 2. The van der Waals surface area contributed by atoms with Crippen molar-refractivity contribution in [2.24, 2.45) is 10.1 Å². The fourth-order valence-corrected chi connectivity index (χ4v) is 1.99. The minimum Gasteiger partial charge on any atom is -0.204 e. The highest BCUT2D eigenvalue weighted by atomic mass is 19.2. The largest absolute Gasteiger partial charge is 0.206 e. The van der Waals surface area contributed by atoms with Crippen LogP contribution in [-0.2, 0) is 0 Å². The molecule has 0 bridgehead atoms. The van der Waals surface area contributed by atoms with Crippen molar-refractivity contribution in [3.05, 3.63) is 57.3 Å². The summed E-state index contributed by atoms with van der Waals surface area (Å²) in [6.45, 7) is 7.62. The molecular weight excluding hydrogens is 307 g/mol. The summed E-state index contributed by atoms with van der Waals surface area (Å²) in [6.07, 6.45) is 1.24. The highest BCUT2D eigenvalue weighted by molar-refractivity contribution is 6.29. The zero-order valence-corrected chi connectivity index (χ0v) is 10.7. The zero-order valence-electron chi connectivity index (χ0n) is 10.7. The van der Waals surface area contributed by atoms with Crippen LogP contribution in [0.2, 0.25) is 0 Å². The first-order chi connectivity index (χ1) is 10.4. The third-order valence-corrected chi connectivity index (χ3v) is 2.94. The maximum Gasteiger partial charge on any atom is 0.206 e. The van der Waals surface area contributed by atoms with E-state index in [1.165, 1.54) is 6.19 Å². The molecule has 0 saturated carbocycles. The Labute approximate surface area is 120 Å². The average molecular weight is 310 g/mol. The molecule has 0 spiro atoms. The zero-order chi connectivity index (χ0) is 16.6. The van der Waals surface area contributed by atoms with Gasteiger partial charge in [-0.1, -0.05) is 0 Å². The van der Waals surface area contributed by atoms with E-state index in [2.05, 4.69) is 15.0 Å². The first kappa shape index (κ1) is 15.3. The molecule has 0 saturated heterocycles. The van der Waals surface area contributed by atoms with Crippen LogP contribution in [0.5, 0.6) is 0 Å². The molecule has 0 radical (unpaired) electrons. The molecule has 0 atom stereocenters. The molecule has 0 fully saturated rings. The Kier molecular flexibility index (Phi) is 3.74. The van der Waals surface area contributed by atoms with Crippen LogP contribution < -0.4 is 0 Å². The van der Waals surface area contributed by atoms with Crippen LogP contribution in [0.1, 0.15) is 18.1 Å². The van der Waals surface area contributed by atoms with Crippen molar-refractivity contribution >= 4 is 11.4 Å². The van der Waals surface area contributed by atoms with Crippen molar-refractivity contribution in [1.82, 2.24) is 0 Å². The first-order valence-electron chi connectivity index (χ1n) is 5.51. The topological polar surface area (TPSA) is 52.9 Å². The third-order valence-electron chi connectivity index (χ3n) is 2.94. The van der Waals surface area contributed by atoms with Gasteiger partial charge >= 0.3 is 0 Å². The van der Waals surface area contributed by atoms with Crippen LogP contribution >= 0.6 is 0 Å². The van der Waals surface area contributed by atoms with Crippen LogP contribution in [-0.4, -0.2) is 11.4 Å². The van der Waals surface area contributed by atoms with Crippen LogP contribution in [0.25, 0.3) is 4.95 Å². The Morgan fingerprint density at radius 3 is 1.91 bits per heavy atom.